The Morgan fingerprint density at radius 1 is 1.33 bits per heavy atom. The molecule has 2 aromatic heterocycles. The lowest BCUT2D eigenvalue weighted by atomic mass is 10.5. The Morgan fingerprint density at radius 2 is 2.06 bits per heavy atom. The van der Waals surface area contributed by atoms with E-state index in [1.165, 1.54) is 9.41 Å². The predicted molar refractivity (Wildman–Crippen MR) is 68.7 cm³/mol. The highest BCUT2D eigenvalue weighted by molar-refractivity contribution is 7.89. The summed E-state index contributed by atoms with van der Waals surface area (Å²) in [5.41, 5.74) is 0.570. The molecule has 7 nitrogen and oxygen atoms in total. The van der Waals surface area contributed by atoms with Gasteiger partial charge in [0.2, 0.25) is 0 Å². The van der Waals surface area contributed by atoms with Gasteiger partial charge in [-0.2, -0.15) is 0 Å². The summed E-state index contributed by atoms with van der Waals surface area (Å²) in [6.45, 7) is 0. The number of hydrazine groups is 1. The zero-order valence-electron chi connectivity index (χ0n) is 10.4. The average molecular weight is 269 g/mol. The molecule has 0 unspecified atom stereocenters. The predicted octanol–water partition coefficient (Wildman–Crippen LogP) is 0.131. The van der Waals surface area contributed by atoms with Crippen LogP contribution < -0.4 is 10.1 Å². The van der Waals surface area contributed by atoms with Crippen molar-refractivity contribution in [2.45, 2.75) is 5.03 Å². The Kier molecular flexibility index (Phi) is 3.24. The summed E-state index contributed by atoms with van der Waals surface area (Å²) in [7, 11) is 1.19. The third-order valence-electron chi connectivity index (χ3n) is 2.28. The third-order valence-corrected chi connectivity index (χ3v) is 3.78. The van der Waals surface area contributed by atoms with E-state index in [9.17, 15) is 8.42 Å². The van der Waals surface area contributed by atoms with Crippen LogP contribution in [-0.4, -0.2) is 44.0 Å². The van der Waals surface area contributed by atoms with Crippen LogP contribution in [0.1, 0.15) is 0 Å². The summed E-state index contributed by atoms with van der Waals surface area (Å²) >= 11 is 0. The van der Waals surface area contributed by atoms with Crippen molar-refractivity contribution in [3.05, 3.63) is 24.4 Å². The van der Waals surface area contributed by atoms with Crippen molar-refractivity contribution in [2.75, 3.05) is 26.5 Å². The zero-order valence-corrected chi connectivity index (χ0v) is 11.2. The summed E-state index contributed by atoms with van der Waals surface area (Å²) in [6, 6.07) is 5.30. The van der Waals surface area contributed by atoms with Gasteiger partial charge in [-0.25, -0.2) is 18.4 Å². The SMILES string of the molecule is CNc1nc2ccccn2c1S(=O)(=O)NN(C)C. The Bertz CT molecular complexity index is 662. The molecule has 0 aliphatic carbocycles. The van der Waals surface area contributed by atoms with Gasteiger partial charge in [0, 0.05) is 27.3 Å². The second-order valence-electron chi connectivity index (χ2n) is 3.93. The number of nitrogens with zero attached hydrogens (tertiary/aromatic N) is 3. The molecule has 0 fully saturated rings. The van der Waals surface area contributed by atoms with Gasteiger partial charge in [0.25, 0.3) is 10.0 Å². The van der Waals surface area contributed by atoms with Crippen molar-refractivity contribution < 1.29 is 8.42 Å². The molecule has 98 valence electrons. The first-order valence-corrected chi connectivity index (χ1v) is 6.78. The molecule has 0 aromatic carbocycles. The van der Waals surface area contributed by atoms with Gasteiger partial charge >= 0.3 is 0 Å². The largest absolute Gasteiger partial charge is 0.371 e. The Labute approximate surface area is 105 Å². The van der Waals surface area contributed by atoms with E-state index in [4.69, 9.17) is 0 Å². The van der Waals surface area contributed by atoms with E-state index in [0.717, 1.165) is 0 Å². The average Bonchev–Trinajstić information content (AvgIpc) is 2.66. The maximum atomic E-state index is 12.2. The molecule has 0 aliphatic rings. The van der Waals surface area contributed by atoms with Crippen LogP contribution in [0.2, 0.25) is 0 Å². The molecule has 0 radical (unpaired) electrons. The number of rotatable bonds is 4. The first-order chi connectivity index (χ1) is 8.45. The number of imidazole rings is 1. The van der Waals surface area contributed by atoms with Crippen LogP contribution >= 0.6 is 0 Å². The highest BCUT2D eigenvalue weighted by Crippen LogP contribution is 2.21. The van der Waals surface area contributed by atoms with Crippen LogP contribution in [-0.2, 0) is 10.0 Å². The molecule has 0 atom stereocenters. The van der Waals surface area contributed by atoms with Crippen molar-refractivity contribution in [2.24, 2.45) is 0 Å². The number of sulfonamides is 1. The van der Waals surface area contributed by atoms with E-state index < -0.39 is 10.0 Å². The smallest absolute Gasteiger partial charge is 0.273 e. The number of hydrogen-bond acceptors (Lipinski definition) is 5. The van der Waals surface area contributed by atoms with Gasteiger partial charge < -0.3 is 5.32 Å². The summed E-state index contributed by atoms with van der Waals surface area (Å²) < 4.78 is 26.0. The zero-order chi connectivity index (χ0) is 13.3. The second-order valence-corrected chi connectivity index (χ2v) is 5.51. The van der Waals surface area contributed by atoms with Crippen LogP contribution in [0.5, 0.6) is 0 Å². The summed E-state index contributed by atoms with van der Waals surface area (Å²) in [6.07, 6.45) is 1.66. The summed E-state index contributed by atoms with van der Waals surface area (Å²) in [5.74, 6) is 0.315. The van der Waals surface area contributed by atoms with Gasteiger partial charge in [0.15, 0.2) is 10.8 Å². The minimum absolute atomic E-state index is 0.0919. The Morgan fingerprint density at radius 3 is 2.67 bits per heavy atom. The molecule has 0 saturated heterocycles. The van der Waals surface area contributed by atoms with E-state index in [0.29, 0.717) is 11.5 Å². The van der Waals surface area contributed by atoms with Crippen molar-refractivity contribution in [1.29, 1.82) is 0 Å². The van der Waals surface area contributed by atoms with Crippen molar-refractivity contribution in [3.63, 3.8) is 0 Å². The first-order valence-electron chi connectivity index (χ1n) is 5.30. The summed E-state index contributed by atoms with van der Waals surface area (Å²) in [5, 5.41) is 4.26. The van der Waals surface area contributed by atoms with Crippen LogP contribution in [0, 0.1) is 0 Å². The van der Waals surface area contributed by atoms with E-state index in [2.05, 4.69) is 15.1 Å². The van der Waals surface area contributed by atoms with Crippen LogP contribution in [0.25, 0.3) is 5.65 Å². The van der Waals surface area contributed by atoms with Gasteiger partial charge in [0.05, 0.1) is 0 Å². The molecule has 18 heavy (non-hydrogen) atoms. The van der Waals surface area contributed by atoms with Gasteiger partial charge in [-0.1, -0.05) is 6.07 Å². The van der Waals surface area contributed by atoms with Crippen LogP contribution in [0.3, 0.4) is 0 Å². The normalized spacial score (nSPS) is 12.2. The molecule has 2 rings (SSSR count). The first kappa shape index (κ1) is 12.8. The van der Waals surface area contributed by atoms with Gasteiger partial charge in [0.1, 0.15) is 5.65 Å². The quantitative estimate of drug-likeness (QED) is 0.771. The van der Waals surface area contributed by atoms with Gasteiger partial charge in [-0.15, -0.1) is 4.83 Å². The minimum atomic E-state index is -3.67. The number of anilines is 1. The lowest BCUT2D eigenvalue weighted by Crippen LogP contribution is -2.37. The number of aromatic nitrogens is 2. The molecule has 0 saturated carbocycles. The molecule has 2 aromatic rings. The van der Waals surface area contributed by atoms with E-state index in [-0.39, 0.29) is 5.03 Å². The van der Waals surface area contributed by atoms with Gasteiger partial charge in [-0.05, 0) is 12.1 Å². The minimum Gasteiger partial charge on any atom is -0.371 e. The van der Waals surface area contributed by atoms with Crippen LogP contribution in [0.4, 0.5) is 5.82 Å². The molecular weight excluding hydrogens is 254 g/mol. The number of hydrogen-bond donors (Lipinski definition) is 2. The second kappa shape index (κ2) is 4.56. The molecule has 0 aliphatic heterocycles. The topological polar surface area (TPSA) is 78.7 Å². The van der Waals surface area contributed by atoms with Crippen molar-refractivity contribution in [1.82, 2.24) is 19.2 Å². The highest BCUT2D eigenvalue weighted by Gasteiger charge is 2.25. The Hall–Kier alpha value is -1.64. The standard InChI is InChI=1S/C10H15N5O2S/c1-11-9-10(18(16,17)13-14(2)3)15-7-5-4-6-8(15)12-9/h4-7,11,13H,1-3H3. The molecule has 0 amide bonds. The van der Waals surface area contributed by atoms with E-state index >= 15 is 0 Å². The molecule has 0 spiro atoms. The maximum absolute atomic E-state index is 12.2. The van der Waals surface area contributed by atoms with Gasteiger partial charge in [-0.3, -0.25) is 4.40 Å². The molecule has 8 heteroatoms. The monoisotopic (exact) mass is 269 g/mol. The Balaban J connectivity index is 2.69. The fourth-order valence-electron chi connectivity index (χ4n) is 1.68. The molecule has 2 heterocycles. The van der Waals surface area contributed by atoms with Crippen molar-refractivity contribution >= 4 is 21.5 Å². The molecule has 0 bridgehead atoms. The third kappa shape index (κ3) is 2.17. The lowest BCUT2D eigenvalue weighted by molar-refractivity contribution is 0.363. The maximum Gasteiger partial charge on any atom is 0.273 e. The van der Waals surface area contributed by atoms with E-state index in [1.54, 1.807) is 45.5 Å². The highest BCUT2D eigenvalue weighted by atomic mass is 32.2. The molecular formula is C10H15N5O2S. The lowest BCUT2D eigenvalue weighted by Gasteiger charge is -2.13. The summed E-state index contributed by atoms with van der Waals surface area (Å²) in [4.78, 5) is 6.61. The van der Waals surface area contributed by atoms with E-state index in [1.807, 2.05) is 0 Å². The fraction of sp³-hybridized carbons (Fsp3) is 0.300. The number of fused-ring (bicyclic) bond motifs is 1. The number of nitrogens with one attached hydrogen (secondary N) is 2. The van der Waals surface area contributed by atoms with Crippen molar-refractivity contribution in [3.8, 4) is 0 Å². The fourth-order valence-corrected chi connectivity index (χ4v) is 3.06. The van der Waals surface area contributed by atoms with Crippen LogP contribution in [0.15, 0.2) is 29.4 Å². The number of pyridine rings is 1. The molecule has 2 N–H and O–H groups in total.